The zero-order valence-electron chi connectivity index (χ0n) is 42.3. The molecule has 0 fully saturated rings. The van der Waals surface area contributed by atoms with Crippen LogP contribution in [-0.2, 0) is 28.6 Å². The van der Waals surface area contributed by atoms with Crippen LogP contribution in [0, 0.1) is 0 Å². The maximum Gasteiger partial charge on any atom is 0.306 e. The molecule has 0 saturated heterocycles. The molecule has 0 bridgehead atoms. The number of carbonyl (C=O) groups is 3. The molecule has 4 atom stereocenters. The van der Waals surface area contributed by atoms with Crippen LogP contribution >= 0.6 is 0 Å². The second kappa shape index (κ2) is 49.4. The van der Waals surface area contributed by atoms with Gasteiger partial charge in [0.25, 0.3) is 0 Å². The first-order valence-corrected chi connectivity index (χ1v) is 27.2. The third-order valence-corrected chi connectivity index (χ3v) is 12.1. The van der Waals surface area contributed by atoms with Crippen LogP contribution in [0.5, 0.6) is 0 Å². The molecular weight excluding hydrogens is 817 g/mol. The van der Waals surface area contributed by atoms with Crippen molar-refractivity contribution < 1.29 is 43.9 Å². The standard InChI is InChI=1S/C56H102O9/c1-4-7-10-31-40-51(58)43-34-25-18-12-15-21-27-36-45-54(60)63-48-53(65-56(62)47-38-29-23-17-14-20-24-33-42-50(57)39-30-9-6-3)49-64-55(61)46-37-28-22-16-13-19-26-35-44-52(59)41-32-11-8-5-2/h24-26,33-35,50-53,57-59H,4-23,27-32,36-49H2,1-3H3/b33-24+,34-25-,35-26+. The fraction of sp³-hybridized carbons (Fsp3) is 0.839. The van der Waals surface area contributed by atoms with Crippen molar-refractivity contribution in [1.82, 2.24) is 0 Å². The molecule has 4 unspecified atom stereocenters. The Morgan fingerprint density at radius 3 is 1.03 bits per heavy atom. The number of aliphatic hydroxyl groups excluding tert-OH is 3. The van der Waals surface area contributed by atoms with E-state index in [0.717, 1.165) is 167 Å². The number of aliphatic hydroxyl groups is 3. The van der Waals surface area contributed by atoms with Gasteiger partial charge in [0.2, 0.25) is 0 Å². The second-order valence-corrected chi connectivity index (χ2v) is 18.7. The Bertz CT molecular complexity index is 1090. The lowest BCUT2D eigenvalue weighted by atomic mass is 10.1. The van der Waals surface area contributed by atoms with E-state index in [-0.39, 0.29) is 55.9 Å². The molecule has 0 aromatic heterocycles. The van der Waals surface area contributed by atoms with Crippen LogP contribution < -0.4 is 0 Å². The van der Waals surface area contributed by atoms with E-state index in [4.69, 9.17) is 14.2 Å². The number of hydrogen-bond donors (Lipinski definition) is 3. The highest BCUT2D eigenvalue weighted by atomic mass is 16.6. The molecule has 65 heavy (non-hydrogen) atoms. The Morgan fingerprint density at radius 1 is 0.369 bits per heavy atom. The molecule has 0 radical (unpaired) electrons. The minimum atomic E-state index is -0.835. The Labute approximate surface area is 399 Å². The van der Waals surface area contributed by atoms with Crippen LogP contribution in [0.4, 0.5) is 0 Å². The van der Waals surface area contributed by atoms with Crippen molar-refractivity contribution in [2.75, 3.05) is 13.2 Å². The molecule has 0 heterocycles. The largest absolute Gasteiger partial charge is 0.462 e. The van der Waals surface area contributed by atoms with Crippen molar-refractivity contribution in [3.05, 3.63) is 36.5 Å². The van der Waals surface area contributed by atoms with E-state index in [9.17, 15) is 29.7 Å². The molecule has 0 aliphatic heterocycles. The summed E-state index contributed by atoms with van der Waals surface area (Å²) in [6, 6.07) is 0. The molecule has 0 aromatic rings. The van der Waals surface area contributed by atoms with Gasteiger partial charge in [0.15, 0.2) is 6.10 Å². The minimum absolute atomic E-state index is 0.132. The Hall–Kier alpha value is -2.49. The fourth-order valence-electron chi connectivity index (χ4n) is 7.77. The van der Waals surface area contributed by atoms with Crippen LogP contribution in [0.15, 0.2) is 36.5 Å². The fourth-order valence-corrected chi connectivity index (χ4v) is 7.77. The molecule has 0 aliphatic carbocycles. The molecule has 9 nitrogen and oxygen atoms in total. The highest BCUT2D eigenvalue weighted by molar-refractivity contribution is 5.71. The monoisotopic (exact) mass is 919 g/mol. The third-order valence-electron chi connectivity index (χ3n) is 12.1. The molecule has 0 rings (SSSR count). The van der Waals surface area contributed by atoms with Crippen molar-refractivity contribution in [2.24, 2.45) is 0 Å². The number of ether oxygens (including phenoxy) is 3. The molecule has 0 saturated carbocycles. The van der Waals surface area contributed by atoms with Crippen LogP contribution in [-0.4, -0.2) is 70.9 Å². The summed E-state index contributed by atoms with van der Waals surface area (Å²) in [5, 5.41) is 30.3. The predicted molar refractivity (Wildman–Crippen MR) is 270 cm³/mol. The lowest BCUT2D eigenvalue weighted by Gasteiger charge is -2.18. The number of hydrogen-bond acceptors (Lipinski definition) is 9. The summed E-state index contributed by atoms with van der Waals surface area (Å²) in [6.45, 7) is 6.30. The summed E-state index contributed by atoms with van der Waals surface area (Å²) in [5.41, 5.74) is 0. The van der Waals surface area contributed by atoms with Gasteiger partial charge in [0.1, 0.15) is 13.2 Å². The topological polar surface area (TPSA) is 140 Å². The number of rotatable bonds is 49. The van der Waals surface area contributed by atoms with Gasteiger partial charge < -0.3 is 29.5 Å². The van der Waals surface area contributed by atoms with Crippen molar-refractivity contribution in [1.29, 1.82) is 0 Å². The van der Waals surface area contributed by atoms with Gasteiger partial charge in [-0.05, 0) is 96.3 Å². The maximum atomic E-state index is 12.8. The number of carbonyl (C=O) groups excluding carboxylic acids is 3. The van der Waals surface area contributed by atoms with Gasteiger partial charge in [-0.1, -0.05) is 186 Å². The first-order chi connectivity index (χ1) is 31.7. The van der Waals surface area contributed by atoms with Gasteiger partial charge in [0, 0.05) is 19.3 Å². The molecule has 0 aromatic carbocycles. The van der Waals surface area contributed by atoms with E-state index >= 15 is 0 Å². The minimum Gasteiger partial charge on any atom is -0.462 e. The van der Waals surface area contributed by atoms with Crippen LogP contribution in [0.2, 0.25) is 0 Å². The average Bonchev–Trinajstić information content (AvgIpc) is 3.29. The van der Waals surface area contributed by atoms with Crippen molar-refractivity contribution in [2.45, 2.75) is 289 Å². The molecule has 0 spiro atoms. The first-order valence-electron chi connectivity index (χ1n) is 27.2. The number of allylic oxidation sites excluding steroid dienone is 3. The van der Waals surface area contributed by atoms with Crippen molar-refractivity contribution >= 4 is 17.9 Å². The van der Waals surface area contributed by atoms with Gasteiger partial charge in [-0.3, -0.25) is 14.4 Å². The molecule has 0 aliphatic rings. The number of esters is 3. The molecule has 3 N–H and O–H groups in total. The van der Waals surface area contributed by atoms with Crippen molar-refractivity contribution in [3.8, 4) is 0 Å². The predicted octanol–water partition coefficient (Wildman–Crippen LogP) is 14.6. The molecular formula is C56H102O9. The van der Waals surface area contributed by atoms with E-state index in [1.54, 1.807) is 0 Å². The van der Waals surface area contributed by atoms with E-state index in [0.29, 0.717) is 19.3 Å². The highest BCUT2D eigenvalue weighted by Gasteiger charge is 2.19. The first kappa shape index (κ1) is 62.5. The molecule has 380 valence electrons. The molecule has 0 amide bonds. The summed E-state index contributed by atoms with van der Waals surface area (Å²) in [7, 11) is 0. The normalized spacial score (nSPS) is 13.8. The van der Waals surface area contributed by atoms with Gasteiger partial charge >= 0.3 is 17.9 Å². The highest BCUT2D eigenvalue weighted by Crippen LogP contribution is 2.15. The van der Waals surface area contributed by atoms with Crippen LogP contribution in [0.25, 0.3) is 0 Å². The Morgan fingerprint density at radius 2 is 0.662 bits per heavy atom. The zero-order valence-corrected chi connectivity index (χ0v) is 42.3. The van der Waals surface area contributed by atoms with Gasteiger partial charge in [0.05, 0.1) is 18.3 Å². The van der Waals surface area contributed by atoms with Gasteiger partial charge in [-0.25, -0.2) is 0 Å². The summed E-state index contributed by atoms with van der Waals surface area (Å²) >= 11 is 0. The van der Waals surface area contributed by atoms with Gasteiger partial charge in [-0.15, -0.1) is 0 Å². The van der Waals surface area contributed by atoms with Crippen LogP contribution in [0.1, 0.15) is 265 Å². The SMILES string of the molecule is CCCCCCC(O)C/C=C\CCCCCCCC(=O)OCC(COC(=O)CCCCCCC/C=C/CC(O)CCCCCC)OC(=O)CCCCCCC/C=C/CC(O)CCCCC. The maximum absolute atomic E-state index is 12.8. The van der Waals surface area contributed by atoms with Crippen LogP contribution in [0.3, 0.4) is 0 Å². The summed E-state index contributed by atoms with van der Waals surface area (Å²) in [5.74, 6) is -1.04. The van der Waals surface area contributed by atoms with E-state index in [1.807, 2.05) is 0 Å². The summed E-state index contributed by atoms with van der Waals surface area (Å²) in [4.78, 5) is 38.0. The quantitative estimate of drug-likeness (QED) is 0.0235. The van der Waals surface area contributed by atoms with E-state index in [1.165, 1.54) is 51.4 Å². The summed E-state index contributed by atoms with van der Waals surface area (Å²) in [6.07, 6.45) is 47.5. The smallest absolute Gasteiger partial charge is 0.306 e. The Kier molecular flexibility index (Phi) is 47.5. The van der Waals surface area contributed by atoms with Crippen molar-refractivity contribution in [3.63, 3.8) is 0 Å². The zero-order chi connectivity index (χ0) is 47.7. The van der Waals surface area contributed by atoms with E-state index in [2.05, 4.69) is 57.2 Å². The molecule has 9 heteroatoms. The third kappa shape index (κ3) is 47.8. The lowest BCUT2D eigenvalue weighted by Crippen LogP contribution is -2.30. The van der Waals surface area contributed by atoms with Gasteiger partial charge in [-0.2, -0.15) is 0 Å². The summed E-state index contributed by atoms with van der Waals surface area (Å²) < 4.78 is 16.7. The lowest BCUT2D eigenvalue weighted by molar-refractivity contribution is -0.167. The number of unbranched alkanes of at least 4 members (excludes halogenated alkanes) is 23. The average molecular weight is 919 g/mol. The Balaban J connectivity index is 4.51. The van der Waals surface area contributed by atoms with E-state index < -0.39 is 6.10 Å². The second-order valence-electron chi connectivity index (χ2n) is 18.7.